The SMILES string of the molecule is CCN1CCN(c2ccc(N3CC(CNC(=O)C(F)F)OC3=O)cc2F)CCO1. The molecule has 1 aromatic carbocycles. The molecule has 2 amide bonds. The lowest BCUT2D eigenvalue weighted by atomic mass is 10.2. The summed E-state index contributed by atoms with van der Waals surface area (Å²) in [6.07, 6.45) is -4.66. The Balaban J connectivity index is 1.64. The molecule has 2 aliphatic heterocycles. The molecule has 0 bridgehead atoms. The highest BCUT2D eigenvalue weighted by molar-refractivity contribution is 5.90. The summed E-state index contributed by atoms with van der Waals surface area (Å²) in [5.74, 6) is -1.92. The fourth-order valence-corrected chi connectivity index (χ4v) is 3.23. The van der Waals surface area contributed by atoms with E-state index in [-0.39, 0.29) is 13.1 Å². The van der Waals surface area contributed by atoms with Crippen molar-refractivity contribution in [1.29, 1.82) is 0 Å². The molecule has 160 valence electrons. The molecule has 3 rings (SSSR count). The number of nitrogens with zero attached hydrogens (tertiary/aromatic N) is 3. The molecule has 2 saturated heterocycles. The van der Waals surface area contributed by atoms with Crippen molar-refractivity contribution >= 4 is 23.4 Å². The first kappa shape index (κ1) is 21.2. The number of nitrogens with one attached hydrogen (secondary N) is 1. The molecule has 2 aliphatic rings. The number of hydrogen-bond donors (Lipinski definition) is 1. The van der Waals surface area contributed by atoms with Gasteiger partial charge in [-0.3, -0.25) is 14.5 Å². The van der Waals surface area contributed by atoms with Gasteiger partial charge in [0.1, 0.15) is 11.9 Å². The number of rotatable bonds is 6. The predicted molar refractivity (Wildman–Crippen MR) is 98.4 cm³/mol. The molecule has 0 aliphatic carbocycles. The Morgan fingerprint density at radius 1 is 1.31 bits per heavy atom. The van der Waals surface area contributed by atoms with Gasteiger partial charge in [-0.15, -0.1) is 0 Å². The first-order valence-electron chi connectivity index (χ1n) is 9.35. The van der Waals surface area contributed by atoms with Gasteiger partial charge in [0.25, 0.3) is 5.91 Å². The Hall–Kier alpha value is -2.53. The van der Waals surface area contributed by atoms with Crippen LogP contribution in [0.3, 0.4) is 0 Å². The highest BCUT2D eigenvalue weighted by Crippen LogP contribution is 2.28. The normalized spacial score (nSPS) is 20.7. The molecule has 1 N–H and O–H groups in total. The lowest BCUT2D eigenvalue weighted by Gasteiger charge is -2.23. The van der Waals surface area contributed by atoms with Crippen LogP contribution in [0.25, 0.3) is 0 Å². The van der Waals surface area contributed by atoms with Crippen molar-refractivity contribution in [3.05, 3.63) is 24.0 Å². The predicted octanol–water partition coefficient (Wildman–Crippen LogP) is 1.61. The second-order valence-electron chi connectivity index (χ2n) is 6.64. The molecule has 2 heterocycles. The number of carbonyl (C=O) groups excluding carboxylic acids is 2. The summed E-state index contributed by atoms with van der Waals surface area (Å²) in [6, 6.07) is 4.43. The molecule has 0 spiro atoms. The number of amides is 2. The fraction of sp³-hybridized carbons (Fsp3) is 0.556. The summed E-state index contributed by atoms with van der Waals surface area (Å²) in [6.45, 7) is 4.71. The van der Waals surface area contributed by atoms with Gasteiger partial charge >= 0.3 is 12.5 Å². The minimum Gasteiger partial charge on any atom is -0.442 e. The van der Waals surface area contributed by atoms with Gasteiger partial charge in [0, 0.05) is 26.2 Å². The average molecular weight is 416 g/mol. The van der Waals surface area contributed by atoms with Gasteiger partial charge in [-0.2, -0.15) is 13.8 Å². The van der Waals surface area contributed by atoms with Crippen molar-refractivity contribution in [2.45, 2.75) is 19.5 Å². The van der Waals surface area contributed by atoms with E-state index in [4.69, 9.17) is 9.57 Å². The summed E-state index contributed by atoms with van der Waals surface area (Å²) in [7, 11) is 0. The summed E-state index contributed by atoms with van der Waals surface area (Å²) in [5, 5.41) is 3.82. The van der Waals surface area contributed by atoms with E-state index in [1.54, 1.807) is 12.1 Å². The number of cyclic esters (lactones) is 1. The number of ether oxygens (including phenoxy) is 1. The molecule has 0 radical (unpaired) electrons. The van der Waals surface area contributed by atoms with Gasteiger partial charge < -0.3 is 15.0 Å². The number of halogens is 3. The maximum atomic E-state index is 14.8. The Morgan fingerprint density at radius 2 is 2.10 bits per heavy atom. The molecule has 0 saturated carbocycles. The van der Waals surface area contributed by atoms with E-state index in [9.17, 15) is 22.8 Å². The zero-order valence-electron chi connectivity index (χ0n) is 15.9. The number of alkyl halides is 2. The largest absolute Gasteiger partial charge is 0.442 e. The van der Waals surface area contributed by atoms with Crippen LogP contribution in [0.2, 0.25) is 0 Å². The van der Waals surface area contributed by atoms with E-state index < -0.39 is 30.3 Å². The smallest absolute Gasteiger partial charge is 0.414 e. The van der Waals surface area contributed by atoms with Crippen molar-refractivity contribution in [2.24, 2.45) is 0 Å². The van der Waals surface area contributed by atoms with Crippen molar-refractivity contribution in [1.82, 2.24) is 10.4 Å². The number of hydrogen-bond acceptors (Lipinski definition) is 6. The second-order valence-corrected chi connectivity index (χ2v) is 6.64. The number of benzene rings is 1. The fourth-order valence-electron chi connectivity index (χ4n) is 3.23. The van der Waals surface area contributed by atoms with Crippen LogP contribution in [-0.2, 0) is 14.4 Å². The van der Waals surface area contributed by atoms with Crippen LogP contribution in [0.15, 0.2) is 18.2 Å². The van der Waals surface area contributed by atoms with Crippen LogP contribution in [0.1, 0.15) is 6.92 Å². The van der Waals surface area contributed by atoms with Crippen LogP contribution in [0.4, 0.5) is 29.3 Å². The monoisotopic (exact) mass is 416 g/mol. The molecule has 0 aromatic heterocycles. The maximum absolute atomic E-state index is 14.8. The average Bonchev–Trinajstić information content (AvgIpc) is 2.91. The minimum atomic E-state index is -3.14. The summed E-state index contributed by atoms with van der Waals surface area (Å²) in [4.78, 5) is 31.6. The van der Waals surface area contributed by atoms with E-state index in [1.807, 2.05) is 22.2 Å². The van der Waals surface area contributed by atoms with Gasteiger partial charge in [0.2, 0.25) is 0 Å². The number of hydroxylamine groups is 2. The molecule has 2 fully saturated rings. The standard InChI is InChI=1S/C18H23F3N4O4/c1-2-24-6-5-23(7-8-28-24)15-4-3-12(9-14(15)19)25-11-13(29-18(25)27)10-22-17(26)16(20)21/h3-4,9,13,16H,2,5-8,10-11H2,1H3,(H,22,26). The van der Waals surface area contributed by atoms with Crippen molar-refractivity contribution in [3.63, 3.8) is 0 Å². The zero-order valence-corrected chi connectivity index (χ0v) is 15.9. The Bertz CT molecular complexity index is 752. The highest BCUT2D eigenvalue weighted by atomic mass is 19.3. The number of anilines is 2. The molecular weight excluding hydrogens is 393 g/mol. The van der Waals surface area contributed by atoms with Crippen LogP contribution in [0, 0.1) is 5.82 Å². The van der Waals surface area contributed by atoms with Gasteiger partial charge in [-0.1, -0.05) is 6.92 Å². The molecule has 8 nitrogen and oxygen atoms in total. The molecular formula is C18H23F3N4O4. The number of likely N-dealkylation sites (N-methyl/N-ethyl adjacent to an activating group) is 1. The van der Waals surface area contributed by atoms with E-state index >= 15 is 0 Å². The van der Waals surface area contributed by atoms with Crippen molar-refractivity contribution < 1.29 is 32.3 Å². The molecule has 1 atom stereocenters. The van der Waals surface area contributed by atoms with Gasteiger partial charge in [0.05, 0.1) is 31.1 Å². The highest BCUT2D eigenvalue weighted by Gasteiger charge is 2.33. The zero-order chi connectivity index (χ0) is 21.0. The third-order valence-electron chi connectivity index (χ3n) is 4.77. The summed E-state index contributed by atoms with van der Waals surface area (Å²) >= 11 is 0. The van der Waals surface area contributed by atoms with E-state index in [0.717, 1.165) is 6.54 Å². The van der Waals surface area contributed by atoms with Gasteiger partial charge in [-0.25, -0.2) is 9.18 Å². The molecule has 1 aromatic rings. The van der Waals surface area contributed by atoms with Crippen LogP contribution >= 0.6 is 0 Å². The minimum absolute atomic E-state index is 0.0180. The van der Waals surface area contributed by atoms with Crippen molar-refractivity contribution in [2.75, 3.05) is 55.7 Å². The van der Waals surface area contributed by atoms with Gasteiger partial charge in [0.15, 0.2) is 0 Å². The first-order valence-corrected chi connectivity index (χ1v) is 9.35. The molecule has 11 heteroatoms. The third kappa shape index (κ3) is 5.10. The van der Waals surface area contributed by atoms with E-state index in [0.29, 0.717) is 37.6 Å². The Morgan fingerprint density at radius 3 is 2.79 bits per heavy atom. The summed E-state index contributed by atoms with van der Waals surface area (Å²) in [5.41, 5.74) is 0.698. The lowest BCUT2D eigenvalue weighted by molar-refractivity contribution is -0.143. The Labute approximate surface area is 166 Å². The Kier molecular flexibility index (Phi) is 6.80. The second kappa shape index (κ2) is 9.31. The first-order chi connectivity index (χ1) is 13.9. The summed E-state index contributed by atoms with van der Waals surface area (Å²) < 4.78 is 44.3. The van der Waals surface area contributed by atoms with E-state index in [2.05, 4.69) is 0 Å². The topological polar surface area (TPSA) is 74.4 Å². The van der Waals surface area contributed by atoms with Crippen LogP contribution in [-0.4, -0.2) is 75.5 Å². The quantitative estimate of drug-likeness (QED) is 0.760. The molecule has 1 unspecified atom stereocenters. The molecule has 29 heavy (non-hydrogen) atoms. The maximum Gasteiger partial charge on any atom is 0.414 e. The van der Waals surface area contributed by atoms with Crippen LogP contribution in [0.5, 0.6) is 0 Å². The van der Waals surface area contributed by atoms with Crippen LogP contribution < -0.4 is 15.1 Å². The van der Waals surface area contributed by atoms with E-state index in [1.165, 1.54) is 11.0 Å². The number of carbonyl (C=O) groups is 2. The lowest BCUT2D eigenvalue weighted by Crippen LogP contribution is -2.37. The van der Waals surface area contributed by atoms with Crippen molar-refractivity contribution in [3.8, 4) is 0 Å². The third-order valence-corrected chi connectivity index (χ3v) is 4.77. The van der Waals surface area contributed by atoms with Gasteiger partial charge in [-0.05, 0) is 18.2 Å².